The molecular weight excluding hydrogens is 438 g/mol. The minimum atomic E-state index is -0.613. The van der Waals surface area contributed by atoms with E-state index in [1.165, 1.54) is 23.8 Å². The molecule has 0 spiro atoms. The number of hydrogen-bond donors (Lipinski definition) is 1. The first-order valence-corrected chi connectivity index (χ1v) is 11.8. The number of benzene rings is 2. The van der Waals surface area contributed by atoms with Crippen molar-refractivity contribution >= 4 is 0 Å². The molecule has 2 atom stereocenters. The minimum absolute atomic E-state index is 0.000134. The maximum atomic E-state index is 14.5. The van der Waals surface area contributed by atoms with E-state index in [0.717, 1.165) is 38.4 Å². The molecule has 9 heteroatoms. The molecule has 3 aromatic rings. The van der Waals surface area contributed by atoms with E-state index >= 15 is 0 Å². The molecule has 182 valence electrons. The van der Waals surface area contributed by atoms with Crippen LogP contribution in [0.15, 0.2) is 42.5 Å². The van der Waals surface area contributed by atoms with Crippen molar-refractivity contribution in [3.63, 3.8) is 0 Å². The third-order valence-electron chi connectivity index (χ3n) is 6.31. The van der Waals surface area contributed by atoms with E-state index in [1.807, 2.05) is 12.1 Å². The fourth-order valence-electron chi connectivity index (χ4n) is 4.31. The number of morpholine rings is 1. The Bertz CT molecular complexity index is 1060. The highest BCUT2D eigenvalue weighted by molar-refractivity contribution is 5.32. The first kappa shape index (κ1) is 24.4. The van der Waals surface area contributed by atoms with Crippen molar-refractivity contribution in [3.05, 3.63) is 76.6 Å². The molecule has 1 aliphatic rings. The molecule has 1 saturated heterocycles. The molecule has 1 N–H and O–H groups in total. The lowest BCUT2D eigenvalue weighted by molar-refractivity contribution is 0.0357. The normalized spacial score (nSPS) is 16.6. The van der Waals surface area contributed by atoms with Gasteiger partial charge in [-0.25, -0.2) is 13.5 Å². The van der Waals surface area contributed by atoms with Crippen molar-refractivity contribution in [2.75, 3.05) is 32.8 Å². The summed E-state index contributed by atoms with van der Waals surface area (Å²) >= 11 is 0. The van der Waals surface area contributed by atoms with Crippen molar-refractivity contribution in [1.82, 2.24) is 30.4 Å². The Balaban J connectivity index is 1.65. The maximum absolute atomic E-state index is 14.5. The number of aromatic nitrogens is 4. The molecule has 1 aliphatic heterocycles. The summed E-state index contributed by atoms with van der Waals surface area (Å²) in [4.78, 5) is 2.31. The molecule has 4 rings (SSSR count). The highest BCUT2D eigenvalue weighted by Gasteiger charge is 2.26. The lowest BCUT2D eigenvalue weighted by Gasteiger charge is -2.27. The van der Waals surface area contributed by atoms with Crippen molar-refractivity contribution < 1.29 is 13.5 Å². The highest BCUT2D eigenvalue weighted by atomic mass is 19.1. The van der Waals surface area contributed by atoms with Gasteiger partial charge in [0.05, 0.1) is 25.8 Å². The van der Waals surface area contributed by atoms with Crippen LogP contribution >= 0.6 is 0 Å². The monoisotopic (exact) mass is 470 g/mol. The zero-order chi connectivity index (χ0) is 24.1. The number of nitrogens with zero attached hydrogens (tertiary/aromatic N) is 5. The molecule has 0 radical (unpaired) electrons. The Morgan fingerprint density at radius 1 is 0.971 bits per heavy atom. The number of rotatable bonds is 9. The Labute approximate surface area is 199 Å². The molecule has 0 saturated carbocycles. The molecule has 7 nitrogen and oxygen atoms in total. The highest BCUT2D eigenvalue weighted by Crippen LogP contribution is 2.29. The average Bonchev–Trinajstić information content (AvgIpc) is 3.30. The van der Waals surface area contributed by atoms with Gasteiger partial charge in [0, 0.05) is 31.2 Å². The van der Waals surface area contributed by atoms with Gasteiger partial charge in [0.25, 0.3) is 0 Å². The van der Waals surface area contributed by atoms with Crippen LogP contribution in [-0.2, 0) is 11.3 Å². The summed E-state index contributed by atoms with van der Waals surface area (Å²) in [6, 6.07) is 11.0. The minimum Gasteiger partial charge on any atom is -0.379 e. The fourth-order valence-corrected chi connectivity index (χ4v) is 4.31. The first-order chi connectivity index (χ1) is 16.4. The Hall–Kier alpha value is -2.75. The Kier molecular flexibility index (Phi) is 7.97. The summed E-state index contributed by atoms with van der Waals surface area (Å²) < 4.78 is 36.3. The van der Waals surface area contributed by atoms with Crippen LogP contribution in [0.3, 0.4) is 0 Å². The largest absolute Gasteiger partial charge is 0.379 e. The summed E-state index contributed by atoms with van der Waals surface area (Å²) in [5.41, 5.74) is 2.11. The smallest absolute Gasteiger partial charge is 0.172 e. The van der Waals surface area contributed by atoms with E-state index in [2.05, 4.69) is 51.7 Å². The summed E-state index contributed by atoms with van der Waals surface area (Å²) in [7, 11) is 0. The van der Waals surface area contributed by atoms with Crippen LogP contribution in [0.4, 0.5) is 8.78 Å². The molecule has 0 bridgehead atoms. The third kappa shape index (κ3) is 5.65. The van der Waals surface area contributed by atoms with Gasteiger partial charge in [0.1, 0.15) is 11.6 Å². The number of hydrogen-bond acceptors (Lipinski definition) is 6. The Morgan fingerprint density at radius 2 is 1.65 bits per heavy atom. The van der Waals surface area contributed by atoms with Gasteiger partial charge in [-0.05, 0) is 46.5 Å². The van der Waals surface area contributed by atoms with Crippen molar-refractivity contribution in [2.45, 2.75) is 45.3 Å². The van der Waals surface area contributed by atoms with E-state index in [9.17, 15) is 8.78 Å². The van der Waals surface area contributed by atoms with Gasteiger partial charge in [0.15, 0.2) is 5.82 Å². The summed E-state index contributed by atoms with van der Waals surface area (Å²) in [6.45, 7) is 10.6. The van der Waals surface area contributed by atoms with Crippen LogP contribution in [-0.4, -0.2) is 58.0 Å². The van der Waals surface area contributed by atoms with Gasteiger partial charge in [-0.1, -0.05) is 44.2 Å². The predicted molar refractivity (Wildman–Crippen MR) is 125 cm³/mol. The Morgan fingerprint density at radius 3 is 2.35 bits per heavy atom. The lowest BCUT2D eigenvalue weighted by Crippen LogP contribution is -2.38. The van der Waals surface area contributed by atoms with Crippen LogP contribution < -0.4 is 5.32 Å². The van der Waals surface area contributed by atoms with Gasteiger partial charge in [-0.15, -0.1) is 5.10 Å². The molecule has 2 heterocycles. The van der Waals surface area contributed by atoms with Gasteiger partial charge < -0.3 is 4.74 Å². The molecule has 1 fully saturated rings. The second kappa shape index (κ2) is 11.1. The molecule has 2 aromatic carbocycles. The molecule has 1 aromatic heterocycles. The van der Waals surface area contributed by atoms with E-state index in [-0.39, 0.29) is 5.56 Å². The van der Waals surface area contributed by atoms with Crippen molar-refractivity contribution in [1.29, 1.82) is 0 Å². The van der Waals surface area contributed by atoms with E-state index in [0.29, 0.717) is 18.3 Å². The first-order valence-electron chi connectivity index (χ1n) is 11.8. The van der Waals surface area contributed by atoms with Crippen molar-refractivity contribution in [3.8, 4) is 0 Å². The van der Waals surface area contributed by atoms with Crippen LogP contribution in [0, 0.1) is 11.6 Å². The molecule has 2 unspecified atom stereocenters. The number of ether oxygens (including phenoxy) is 1. The second-order valence-electron chi connectivity index (χ2n) is 9.00. The van der Waals surface area contributed by atoms with Crippen LogP contribution in [0.2, 0.25) is 0 Å². The fraction of sp³-hybridized carbons (Fsp3) is 0.480. The van der Waals surface area contributed by atoms with E-state index < -0.39 is 23.7 Å². The topological polar surface area (TPSA) is 68.1 Å². The van der Waals surface area contributed by atoms with Crippen LogP contribution in [0.5, 0.6) is 0 Å². The zero-order valence-electron chi connectivity index (χ0n) is 19.9. The van der Waals surface area contributed by atoms with Gasteiger partial charge in [-0.2, -0.15) is 0 Å². The van der Waals surface area contributed by atoms with E-state index in [1.54, 1.807) is 11.6 Å². The van der Waals surface area contributed by atoms with E-state index in [4.69, 9.17) is 4.74 Å². The second-order valence-corrected chi connectivity index (χ2v) is 9.00. The maximum Gasteiger partial charge on any atom is 0.172 e. The third-order valence-corrected chi connectivity index (χ3v) is 6.31. The number of halogens is 2. The van der Waals surface area contributed by atoms with Gasteiger partial charge in [-0.3, -0.25) is 10.2 Å². The number of nitrogens with one attached hydrogen (secondary N) is 1. The molecule has 0 aliphatic carbocycles. The lowest BCUT2D eigenvalue weighted by atomic mass is 9.96. The molecule has 0 amide bonds. The van der Waals surface area contributed by atoms with Crippen LogP contribution in [0.25, 0.3) is 0 Å². The standard InChI is InChI=1S/C25H32F2N6O/c1-17(2)19-6-4-7-20(16-19)24(28-18(3)23-21(26)8-5-9-22(23)27)25-29-30-31-33(25)11-10-32-12-14-34-15-13-32/h4-9,16-18,24,28H,10-15H2,1-3H3. The van der Waals surface area contributed by atoms with Gasteiger partial charge >= 0.3 is 0 Å². The summed E-state index contributed by atoms with van der Waals surface area (Å²) in [5, 5.41) is 15.9. The van der Waals surface area contributed by atoms with Crippen molar-refractivity contribution in [2.24, 2.45) is 0 Å². The predicted octanol–water partition coefficient (Wildman–Crippen LogP) is 3.85. The SMILES string of the molecule is CC(C)c1cccc(C(NC(C)c2c(F)cccc2F)c2nnnn2CCN2CCOCC2)c1. The number of tetrazole rings is 1. The van der Waals surface area contributed by atoms with Crippen LogP contribution in [0.1, 0.15) is 61.3 Å². The summed E-state index contributed by atoms with van der Waals surface area (Å²) in [5.74, 6) is -0.222. The quantitative estimate of drug-likeness (QED) is 0.513. The average molecular weight is 471 g/mol. The summed E-state index contributed by atoms with van der Waals surface area (Å²) in [6.07, 6.45) is 0. The van der Waals surface area contributed by atoms with Gasteiger partial charge in [0.2, 0.25) is 0 Å². The molecule has 34 heavy (non-hydrogen) atoms. The zero-order valence-corrected chi connectivity index (χ0v) is 19.9. The molecular formula is C25H32F2N6O.